The molecule has 2 heterocycles. The van der Waals surface area contributed by atoms with Gasteiger partial charge in [-0.15, -0.1) is 0 Å². The van der Waals surface area contributed by atoms with Gasteiger partial charge in [-0.05, 0) is 50.6 Å². The molecule has 0 amide bonds. The van der Waals surface area contributed by atoms with E-state index in [4.69, 9.17) is 0 Å². The lowest BCUT2D eigenvalue weighted by Crippen LogP contribution is -2.41. The van der Waals surface area contributed by atoms with Crippen molar-refractivity contribution in [1.82, 2.24) is 18.7 Å². The minimum absolute atomic E-state index is 0.308. The highest BCUT2D eigenvalue weighted by Crippen LogP contribution is 2.16. The van der Waals surface area contributed by atoms with Crippen LogP contribution in [0.15, 0.2) is 64.4 Å². The van der Waals surface area contributed by atoms with Gasteiger partial charge < -0.3 is 4.57 Å². The molecule has 4 aromatic rings. The summed E-state index contributed by atoms with van der Waals surface area (Å²) < 4.78 is 17.6. The minimum Gasteiger partial charge on any atom is -0.320 e. The Kier molecular flexibility index (Phi) is 4.66. The largest absolute Gasteiger partial charge is 0.337 e. The molecule has 0 fully saturated rings. The van der Waals surface area contributed by atoms with E-state index in [0.29, 0.717) is 23.4 Å². The van der Waals surface area contributed by atoms with Crippen molar-refractivity contribution in [3.63, 3.8) is 0 Å². The lowest BCUT2D eigenvalue weighted by Gasteiger charge is -2.15. The average molecular weight is 392 g/mol. The summed E-state index contributed by atoms with van der Waals surface area (Å²) in [5.74, 6) is -0.320. The van der Waals surface area contributed by atoms with Crippen LogP contribution in [0, 0.1) is 12.7 Å². The zero-order chi connectivity index (χ0) is 20.7. The minimum atomic E-state index is -0.423. The highest BCUT2D eigenvalue weighted by molar-refractivity contribution is 5.72. The number of benzene rings is 2. The lowest BCUT2D eigenvalue weighted by atomic mass is 10.2. The molecule has 0 unspecified atom stereocenters. The smallest absolute Gasteiger partial charge is 0.320 e. The van der Waals surface area contributed by atoms with E-state index in [1.807, 2.05) is 31.2 Å². The maximum atomic E-state index is 13.2. The zero-order valence-corrected chi connectivity index (χ0v) is 16.5. The fourth-order valence-electron chi connectivity index (χ4n) is 3.44. The maximum absolute atomic E-state index is 13.2. The number of hydrogen-bond acceptors (Lipinski definition) is 3. The third-order valence-corrected chi connectivity index (χ3v) is 4.92. The van der Waals surface area contributed by atoms with Crippen molar-refractivity contribution in [1.29, 1.82) is 0 Å². The van der Waals surface area contributed by atoms with Crippen LogP contribution in [0.25, 0.3) is 16.9 Å². The predicted octanol–water partition coefficient (Wildman–Crippen LogP) is 3.43. The van der Waals surface area contributed by atoms with Crippen LogP contribution < -0.4 is 11.2 Å². The first-order valence-electron chi connectivity index (χ1n) is 9.40. The molecule has 6 nitrogen and oxygen atoms in total. The fourth-order valence-corrected chi connectivity index (χ4v) is 3.44. The predicted molar refractivity (Wildman–Crippen MR) is 110 cm³/mol. The molecule has 0 radical (unpaired) electrons. The Morgan fingerprint density at radius 1 is 1.00 bits per heavy atom. The van der Waals surface area contributed by atoms with Crippen molar-refractivity contribution < 1.29 is 4.39 Å². The molecule has 29 heavy (non-hydrogen) atoms. The molecule has 0 bridgehead atoms. The molecule has 2 aromatic heterocycles. The van der Waals surface area contributed by atoms with E-state index in [-0.39, 0.29) is 17.4 Å². The van der Waals surface area contributed by atoms with Crippen molar-refractivity contribution in [2.45, 2.75) is 33.4 Å². The third-order valence-electron chi connectivity index (χ3n) is 4.92. The van der Waals surface area contributed by atoms with Gasteiger partial charge in [0.1, 0.15) is 5.82 Å². The van der Waals surface area contributed by atoms with E-state index < -0.39 is 5.69 Å². The van der Waals surface area contributed by atoms with Gasteiger partial charge in [-0.2, -0.15) is 0 Å². The molecule has 148 valence electrons. The van der Waals surface area contributed by atoms with E-state index in [9.17, 15) is 14.0 Å². The van der Waals surface area contributed by atoms with Crippen LogP contribution in [0.4, 0.5) is 4.39 Å². The second-order valence-corrected chi connectivity index (χ2v) is 7.39. The molecule has 4 rings (SSSR count). The number of nitrogens with zero attached hydrogens (tertiary/aromatic N) is 4. The quantitative estimate of drug-likeness (QED) is 0.535. The summed E-state index contributed by atoms with van der Waals surface area (Å²) in [5, 5.41) is 0. The Morgan fingerprint density at radius 3 is 2.28 bits per heavy atom. The Balaban J connectivity index is 2.00. The molecular weight excluding hydrogens is 371 g/mol. The first kappa shape index (κ1) is 18.9. The summed E-state index contributed by atoms with van der Waals surface area (Å²) in [6, 6.07) is 13.3. The topological polar surface area (TPSA) is 61.8 Å². The summed E-state index contributed by atoms with van der Waals surface area (Å²) >= 11 is 0. The normalized spacial score (nSPS) is 11.5. The second kappa shape index (κ2) is 7.16. The van der Waals surface area contributed by atoms with Gasteiger partial charge in [0, 0.05) is 12.6 Å². The van der Waals surface area contributed by atoms with Crippen molar-refractivity contribution >= 4 is 11.2 Å². The highest BCUT2D eigenvalue weighted by atomic mass is 19.1. The zero-order valence-electron chi connectivity index (χ0n) is 16.5. The fraction of sp³-hybridized carbons (Fsp3) is 0.227. The summed E-state index contributed by atoms with van der Waals surface area (Å²) in [6.07, 6.45) is 1.55. The van der Waals surface area contributed by atoms with E-state index in [1.165, 1.54) is 21.3 Å². The molecule has 7 heteroatoms. The Bertz CT molecular complexity index is 1300. The van der Waals surface area contributed by atoms with Gasteiger partial charge in [0.05, 0.1) is 12.0 Å². The first-order valence-corrected chi connectivity index (χ1v) is 9.40. The summed E-state index contributed by atoms with van der Waals surface area (Å²) in [7, 11) is 0. The third kappa shape index (κ3) is 3.29. The lowest BCUT2D eigenvalue weighted by molar-refractivity contribution is 0.539. The molecule has 0 spiro atoms. The number of aromatic nitrogens is 4. The monoisotopic (exact) mass is 392 g/mol. The number of rotatable bonds is 4. The summed E-state index contributed by atoms with van der Waals surface area (Å²) in [5.41, 5.74) is 2.38. The van der Waals surface area contributed by atoms with Crippen LogP contribution >= 0.6 is 0 Å². The summed E-state index contributed by atoms with van der Waals surface area (Å²) in [4.78, 5) is 30.7. The van der Waals surface area contributed by atoms with E-state index in [0.717, 1.165) is 11.1 Å². The van der Waals surface area contributed by atoms with E-state index in [1.54, 1.807) is 36.9 Å². The molecule has 0 saturated carbocycles. The van der Waals surface area contributed by atoms with Crippen LogP contribution in [-0.2, 0) is 6.54 Å². The standard InChI is InChI=1S/C22H21FN4O2/c1-14(2)26-21(28)19-20(27(22(26)29)18-10-4-15(3)5-11-18)24-13-25(19)12-16-6-8-17(23)9-7-16/h4-11,13-14H,12H2,1-3H3. The molecule has 0 atom stereocenters. The van der Waals surface area contributed by atoms with Gasteiger partial charge in [0.15, 0.2) is 11.2 Å². The second-order valence-electron chi connectivity index (χ2n) is 7.39. The molecule has 0 aliphatic rings. The molecular formula is C22H21FN4O2. The van der Waals surface area contributed by atoms with Gasteiger partial charge in [-0.25, -0.2) is 18.7 Å². The molecule has 0 aliphatic heterocycles. The number of hydrogen-bond donors (Lipinski definition) is 0. The maximum Gasteiger partial charge on any atom is 0.337 e. The first-order chi connectivity index (χ1) is 13.9. The van der Waals surface area contributed by atoms with E-state index >= 15 is 0 Å². The van der Waals surface area contributed by atoms with Gasteiger partial charge in [-0.1, -0.05) is 29.8 Å². The van der Waals surface area contributed by atoms with Crippen LogP contribution in [-0.4, -0.2) is 18.7 Å². The number of imidazole rings is 1. The Morgan fingerprint density at radius 2 is 1.66 bits per heavy atom. The van der Waals surface area contributed by atoms with Crippen LogP contribution in [0.5, 0.6) is 0 Å². The Hall–Kier alpha value is -3.48. The molecule has 0 N–H and O–H groups in total. The Labute approximate surface area is 166 Å². The van der Waals surface area contributed by atoms with Gasteiger partial charge in [-0.3, -0.25) is 9.36 Å². The average Bonchev–Trinajstić information content (AvgIpc) is 3.08. The van der Waals surface area contributed by atoms with Crippen molar-refractivity contribution in [3.8, 4) is 5.69 Å². The van der Waals surface area contributed by atoms with Crippen molar-refractivity contribution in [2.24, 2.45) is 0 Å². The number of halogens is 1. The van der Waals surface area contributed by atoms with E-state index in [2.05, 4.69) is 4.98 Å². The van der Waals surface area contributed by atoms with Crippen molar-refractivity contribution in [2.75, 3.05) is 0 Å². The highest BCUT2D eigenvalue weighted by Gasteiger charge is 2.20. The van der Waals surface area contributed by atoms with Crippen LogP contribution in [0.2, 0.25) is 0 Å². The summed E-state index contributed by atoms with van der Waals surface area (Å²) in [6.45, 7) is 5.91. The van der Waals surface area contributed by atoms with Gasteiger partial charge >= 0.3 is 5.69 Å². The molecule has 2 aromatic carbocycles. The van der Waals surface area contributed by atoms with Crippen molar-refractivity contribution in [3.05, 3.63) is 92.6 Å². The molecule has 0 saturated heterocycles. The number of fused-ring (bicyclic) bond motifs is 1. The number of aryl methyl sites for hydroxylation is 1. The van der Waals surface area contributed by atoms with Crippen LogP contribution in [0.3, 0.4) is 0 Å². The van der Waals surface area contributed by atoms with Gasteiger partial charge in [0.25, 0.3) is 5.56 Å². The van der Waals surface area contributed by atoms with Crippen LogP contribution in [0.1, 0.15) is 31.0 Å². The van der Waals surface area contributed by atoms with Gasteiger partial charge in [0.2, 0.25) is 0 Å². The SMILES string of the molecule is Cc1ccc(-n2c(=O)n(C(C)C)c(=O)c3c2ncn3Cc2ccc(F)cc2)cc1. The molecule has 0 aliphatic carbocycles.